The van der Waals surface area contributed by atoms with Crippen LogP contribution in [0.3, 0.4) is 0 Å². The Balaban J connectivity index is 2.68. The molecule has 0 radical (unpaired) electrons. The molecule has 0 unspecified atom stereocenters. The molecule has 1 rings (SSSR count). The molecule has 0 heterocycles. The van der Waals surface area contributed by atoms with E-state index in [1.807, 2.05) is 6.08 Å². The molecule has 1 aliphatic carbocycles. The van der Waals surface area contributed by atoms with Gasteiger partial charge >= 0.3 is 6.36 Å². The fourth-order valence-electron chi connectivity index (χ4n) is 1.04. The minimum Gasteiger partial charge on any atom is -0.410 e. The zero-order chi connectivity index (χ0) is 9.19. The van der Waals surface area contributed by atoms with Crippen LogP contribution in [0.4, 0.5) is 13.2 Å². The average molecular weight is 178 g/mol. The first kappa shape index (κ1) is 9.16. The second kappa shape index (κ2) is 3.21. The Kier molecular flexibility index (Phi) is 2.45. The number of hydrogen-bond acceptors (Lipinski definition) is 1. The van der Waals surface area contributed by atoms with Gasteiger partial charge in [-0.1, -0.05) is 12.2 Å². The van der Waals surface area contributed by atoms with Crippen LogP contribution in [0.15, 0.2) is 23.5 Å². The van der Waals surface area contributed by atoms with Crippen LogP contribution in [-0.4, -0.2) is 6.36 Å². The topological polar surface area (TPSA) is 9.23 Å². The molecule has 0 saturated carbocycles. The summed E-state index contributed by atoms with van der Waals surface area (Å²) in [6.45, 7) is 1.61. The molecule has 0 aliphatic heterocycles. The van der Waals surface area contributed by atoms with Crippen molar-refractivity contribution in [3.05, 3.63) is 23.5 Å². The molecule has 1 nitrogen and oxygen atoms in total. The van der Waals surface area contributed by atoms with Gasteiger partial charge in [-0.15, -0.1) is 13.2 Å². The van der Waals surface area contributed by atoms with Crippen LogP contribution < -0.4 is 0 Å². The summed E-state index contributed by atoms with van der Waals surface area (Å²) in [5.74, 6) is 0.0324. The first-order valence-corrected chi connectivity index (χ1v) is 3.61. The van der Waals surface area contributed by atoms with Gasteiger partial charge in [0, 0.05) is 6.42 Å². The molecule has 12 heavy (non-hydrogen) atoms. The molecule has 0 amide bonds. The second-order valence-corrected chi connectivity index (χ2v) is 2.60. The molecule has 0 aromatic carbocycles. The Hall–Kier alpha value is -0.930. The Morgan fingerprint density at radius 1 is 1.42 bits per heavy atom. The van der Waals surface area contributed by atoms with Gasteiger partial charge in [0.1, 0.15) is 5.76 Å². The van der Waals surface area contributed by atoms with Gasteiger partial charge in [-0.3, -0.25) is 0 Å². The minimum atomic E-state index is -4.55. The largest absolute Gasteiger partial charge is 0.572 e. The van der Waals surface area contributed by atoms with E-state index < -0.39 is 6.36 Å². The van der Waals surface area contributed by atoms with Crippen molar-refractivity contribution in [3.63, 3.8) is 0 Å². The fourth-order valence-corrected chi connectivity index (χ4v) is 1.04. The van der Waals surface area contributed by atoms with Crippen molar-refractivity contribution in [2.24, 2.45) is 0 Å². The summed E-state index contributed by atoms with van der Waals surface area (Å²) in [6, 6.07) is 0. The lowest BCUT2D eigenvalue weighted by Gasteiger charge is -2.16. The van der Waals surface area contributed by atoms with Crippen molar-refractivity contribution in [2.45, 2.75) is 26.1 Å². The lowest BCUT2D eigenvalue weighted by Crippen LogP contribution is -2.14. The van der Waals surface area contributed by atoms with Gasteiger partial charge in [-0.25, -0.2) is 0 Å². The summed E-state index contributed by atoms with van der Waals surface area (Å²) in [5.41, 5.74) is 0.554. The van der Waals surface area contributed by atoms with E-state index in [9.17, 15) is 13.2 Å². The van der Waals surface area contributed by atoms with Crippen molar-refractivity contribution in [3.8, 4) is 0 Å². The van der Waals surface area contributed by atoms with Crippen LogP contribution in [0.5, 0.6) is 0 Å². The van der Waals surface area contributed by atoms with E-state index in [0.29, 0.717) is 18.4 Å². The normalized spacial score (nSPS) is 18.3. The molecule has 1 aliphatic rings. The van der Waals surface area contributed by atoms with Gasteiger partial charge in [0.05, 0.1) is 0 Å². The highest BCUT2D eigenvalue weighted by Gasteiger charge is 2.32. The third kappa shape index (κ3) is 2.60. The molecule has 0 bridgehead atoms. The number of hydrogen-bond donors (Lipinski definition) is 0. The lowest BCUT2D eigenvalue weighted by molar-refractivity contribution is -0.306. The molecule has 68 valence electrons. The molecule has 0 atom stereocenters. The van der Waals surface area contributed by atoms with Crippen LogP contribution in [-0.2, 0) is 4.74 Å². The Morgan fingerprint density at radius 3 is 2.58 bits per heavy atom. The summed E-state index contributed by atoms with van der Waals surface area (Å²) in [4.78, 5) is 0. The molecule has 0 fully saturated rings. The van der Waals surface area contributed by atoms with Crippen molar-refractivity contribution in [2.75, 3.05) is 0 Å². The van der Waals surface area contributed by atoms with Gasteiger partial charge in [-0.05, 0) is 18.9 Å². The van der Waals surface area contributed by atoms with Crippen molar-refractivity contribution >= 4 is 0 Å². The van der Waals surface area contributed by atoms with Crippen LogP contribution in [0.1, 0.15) is 19.8 Å². The maximum Gasteiger partial charge on any atom is 0.572 e. The Bertz CT molecular complexity index is 225. The molecule has 4 heteroatoms. The first-order valence-electron chi connectivity index (χ1n) is 3.61. The highest BCUT2D eigenvalue weighted by atomic mass is 19.4. The zero-order valence-electron chi connectivity index (χ0n) is 6.61. The predicted molar refractivity (Wildman–Crippen MR) is 38.2 cm³/mol. The van der Waals surface area contributed by atoms with Gasteiger partial charge in [-0.2, -0.15) is 0 Å². The quantitative estimate of drug-likeness (QED) is 0.599. The highest BCUT2D eigenvalue weighted by molar-refractivity contribution is 5.23. The summed E-state index contributed by atoms with van der Waals surface area (Å²) in [7, 11) is 0. The lowest BCUT2D eigenvalue weighted by atomic mass is 10.1. The summed E-state index contributed by atoms with van der Waals surface area (Å²) in [6.07, 6.45) is -0.129. The molecule has 0 saturated heterocycles. The van der Waals surface area contributed by atoms with E-state index in [1.165, 1.54) is 0 Å². The number of allylic oxidation sites excluding steroid dienone is 4. The van der Waals surface area contributed by atoms with Gasteiger partial charge < -0.3 is 4.74 Å². The van der Waals surface area contributed by atoms with E-state index in [-0.39, 0.29) is 5.76 Å². The first-order chi connectivity index (χ1) is 5.49. The third-order valence-corrected chi connectivity index (χ3v) is 1.58. The van der Waals surface area contributed by atoms with Crippen molar-refractivity contribution in [1.82, 2.24) is 0 Å². The molecule has 0 N–H and O–H groups in total. The third-order valence-electron chi connectivity index (χ3n) is 1.58. The van der Waals surface area contributed by atoms with E-state index in [4.69, 9.17) is 0 Å². The fraction of sp³-hybridized carbons (Fsp3) is 0.500. The van der Waals surface area contributed by atoms with E-state index in [0.717, 1.165) is 0 Å². The van der Waals surface area contributed by atoms with Crippen LogP contribution >= 0.6 is 0 Å². The molecule has 0 aromatic rings. The van der Waals surface area contributed by atoms with Crippen LogP contribution in [0, 0.1) is 0 Å². The molecular formula is C8H9F3O. The molecule has 0 spiro atoms. The van der Waals surface area contributed by atoms with Crippen molar-refractivity contribution < 1.29 is 17.9 Å². The summed E-state index contributed by atoms with van der Waals surface area (Å²) in [5, 5.41) is 0. The van der Waals surface area contributed by atoms with Crippen LogP contribution in [0.2, 0.25) is 0 Å². The van der Waals surface area contributed by atoms with Crippen LogP contribution in [0.25, 0.3) is 0 Å². The molecular weight excluding hydrogens is 169 g/mol. The summed E-state index contributed by atoms with van der Waals surface area (Å²) < 4.78 is 39.0. The monoisotopic (exact) mass is 178 g/mol. The number of alkyl halides is 3. The maximum absolute atomic E-state index is 11.7. The van der Waals surface area contributed by atoms with Gasteiger partial charge in [0.25, 0.3) is 0 Å². The van der Waals surface area contributed by atoms with Gasteiger partial charge in [0.2, 0.25) is 0 Å². The number of ether oxygens (including phenoxy) is 1. The predicted octanol–water partition coefficient (Wildman–Crippen LogP) is 3.15. The van der Waals surface area contributed by atoms with Gasteiger partial charge in [0.15, 0.2) is 0 Å². The summed E-state index contributed by atoms with van der Waals surface area (Å²) >= 11 is 0. The number of halogens is 3. The highest BCUT2D eigenvalue weighted by Crippen LogP contribution is 2.27. The van der Waals surface area contributed by atoms with E-state index >= 15 is 0 Å². The standard InChI is InChI=1S/C8H9F3O/c1-6-4-2-3-5-7(6)12-8(9,10)11/h2,4H,3,5H2,1H3. The minimum absolute atomic E-state index is 0.0324. The number of rotatable bonds is 1. The second-order valence-electron chi connectivity index (χ2n) is 2.60. The smallest absolute Gasteiger partial charge is 0.410 e. The van der Waals surface area contributed by atoms with E-state index in [1.54, 1.807) is 13.0 Å². The van der Waals surface area contributed by atoms with Crippen molar-refractivity contribution in [1.29, 1.82) is 0 Å². The Labute approximate surface area is 68.5 Å². The maximum atomic E-state index is 11.7. The Morgan fingerprint density at radius 2 is 2.08 bits per heavy atom. The SMILES string of the molecule is CC1=C(OC(F)(F)F)CCC=C1. The average Bonchev–Trinajstić information content (AvgIpc) is 1.91. The van der Waals surface area contributed by atoms with E-state index in [2.05, 4.69) is 4.74 Å². The molecule has 0 aromatic heterocycles. The zero-order valence-corrected chi connectivity index (χ0v) is 6.61.